The molecule has 0 N–H and O–H groups in total. The van der Waals surface area contributed by atoms with E-state index in [2.05, 4.69) is 0 Å². The van der Waals surface area contributed by atoms with E-state index in [1.807, 2.05) is 6.07 Å². The molecule has 0 unspecified atom stereocenters. The Hall–Kier alpha value is -1.22. The number of hydrogen-bond donors (Lipinski definition) is 0. The first-order chi connectivity index (χ1) is 8.26. The summed E-state index contributed by atoms with van der Waals surface area (Å²) >= 11 is 1.22. The number of esters is 1. The maximum absolute atomic E-state index is 11.6. The normalized spacial score (nSPS) is 10.6. The molecular formula is C12H20N2O3S. The quantitative estimate of drug-likeness (QED) is 0.684. The minimum atomic E-state index is -0.495. The lowest BCUT2D eigenvalue weighted by molar-refractivity contribution is -0.151. The van der Waals surface area contributed by atoms with Crippen molar-refractivity contribution in [2.24, 2.45) is 0 Å². The van der Waals surface area contributed by atoms with E-state index in [0.717, 1.165) is 0 Å². The molecule has 0 aromatic carbocycles. The lowest BCUT2D eigenvalue weighted by Crippen LogP contribution is -2.30. The van der Waals surface area contributed by atoms with Crippen LogP contribution in [0.3, 0.4) is 0 Å². The number of carbonyl (C=O) groups excluding carboxylic acids is 2. The van der Waals surface area contributed by atoms with E-state index in [4.69, 9.17) is 10.00 Å². The van der Waals surface area contributed by atoms with E-state index in [0.29, 0.717) is 13.0 Å². The molecular weight excluding hydrogens is 252 g/mol. The molecule has 5 nitrogen and oxygen atoms in total. The van der Waals surface area contributed by atoms with Crippen LogP contribution in [0.1, 0.15) is 27.2 Å². The summed E-state index contributed by atoms with van der Waals surface area (Å²) in [7, 11) is 1.65. The summed E-state index contributed by atoms with van der Waals surface area (Å²) in [5.41, 5.74) is -0.495. The van der Waals surface area contributed by atoms with E-state index in [1.165, 1.54) is 16.7 Å². The van der Waals surface area contributed by atoms with Crippen molar-refractivity contribution in [1.29, 1.82) is 5.26 Å². The molecule has 0 aliphatic rings. The van der Waals surface area contributed by atoms with Crippen LogP contribution >= 0.6 is 11.8 Å². The summed E-state index contributed by atoms with van der Waals surface area (Å²) in [4.78, 5) is 24.4. The topological polar surface area (TPSA) is 70.4 Å². The molecule has 0 heterocycles. The fourth-order valence-electron chi connectivity index (χ4n) is 1.05. The Labute approximate surface area is 112 Å². The summed E-state index contributed by atoms with van der Waals surface area (Å²) in [5, 5.41) is 8.40. The molecule has 0 rings (SSSR count). The van der Waals surface area contributed by atoms with Crippen molar-refractivity contribution in [3.63, 3.8) is 0 Å². The van der Waals surface area contributed by atoms with E-state index >= 15 is 0 Å². The van der Waals surface area contributed by atoms with Gasteiger partial charge < -0.3 is 9.64 Å². The lowest BCUT2D eigenvalue weighted by Gasteiger charge is -2.19. The van der Waals surface area contributed by atoms with Crippen molar-refractivity contribution in [2.75, 3.05) is 25.1 Å². The van der Waals surface area contributed by atoms with Crippen molar-refractivity contribution in [3.8, 4) is 6.07 Å². The number of nitriles is 1. The third-order valence-corrected chi connectivity index (χ3v) is 2.74. The summed E-state index contributed by atoms with van der Waals surface area (Å²) < 4.78 is 5.12. The molecule has 1 amide bonds. The number of ether oxygens (including phenoxy) is 1. The van der Waals surface area contributed by atoms with Gasteiger partial charge in [-0.1, -0.05) is 0 Å². The second-order valence-corrected chi connectivity index (χ2v) is 5.79. The summed E-state index contributed by atoms with van der Waals surface area (Å²) in [6, 6.07) is 1.98. The van der Waals surface area contributed by atoms with Gasteiger partial charge in [-0.05, 0) is 20.8 Å². The number of hydrogen-bond acceptors (Lipinski definition) is 5. The Kier molecular flexibility index (Phi) is 7.44. The van der Waals surface area contributed by atoms with Gasteiger partial charge in [0, 0.05) is 13.6 Å². The molecule has 0 aliphatic carbocycles. The number of nitrogens with zero attached hydrogens (tertiary/aromatic N) is 2. The van der Waals surface area contributed by atoms with Gasteiger partial charge in [0.15, 0.2) is 0 Å². The molecule has 0 atom stereocenters. The number of rotatable bonds is 6. The Balaban J connectivity index is 3.81. The molecule has 0 fully saturated rings. The summed E-state index contributed by atoms with van der Waals surface area (Å²) in [6.07, 6.45) is 0.318. The zero-order valence-corrected chi connectivity index (χ0v) is 12.2. The van der Waals surface area contributed by atoms with E-state index in [-0.39, 0.29) is 23.4 Å². The van der Waals surface area contributed by atoms with Crippen LogP contribution in [-0.2, 0) is 14.3 Å². The Bertz CT molecular complexity index is 331. The van der Waals surface area contributed by atoms with Crippen LogP contribution in [0.2, 0.25) is 0 Å². The van der Waals surface area contributed by atoms with Gasteiger partial charge in [0.05, 0.1) is 24.0 Å². The lowest BCUT2D eigenvalue weighted by atomic mass is 10.2. The van der Waals surface area contributed by atoms with Crippen LogP contribution < -0.4 is 0 Å². The molecule has 18 heavy (non-hydrogen) atoms. The molecule has 0 aromatic rings. The van der Waals surface area contributed by atoms with Gasteiger partial charge >= 0.3 is 5.97 Å². The second-order valence-electron chi connectivity index (χ2n) is 4.80. The van der Waals surface area contributed by atoms with E-state index in [9.17, 15) is 9.59 Å². The largest absolute Gasteiger partial charge is 0.459 e. The highest BCUT2D eigenvalue weighted by molar-refractivity contribution is 8.00. The Morgan fingerprint density at radius 3 is 2.44 bits per heavy atom. The van der Waals surface area contributed by atoms with E-state index < -0.39 is 5.60 Å². The van der Waals surface area contributed by atoms with Crippen molar-refractivity contribution in [3.05, 3.63) is 0 Å². The molecule has 0 aromatic heterocycles. The molecule has 6 heteroatoms. The fourth-order valence-corrected chi connectivity index (χ4v) is 1.77. The minimum absolute atomic E-state index is 0.0844. The molecule has 0 saturated carbocycles. The van der Waals surface area contributed by atoms with Crippen LogP contribution in [0.25, 0.3) is 0 Å². The third-order valence-electron chi connectivity index (χ3n) is 1.85. The highest BCUT2D eigenvalue weighted by atomic mass is 32.2. The maximum atomic E-state index is 11.6. The first-order valence-corrected chi connectivity index (χ1v) is 6.82. The maximum Gasteiger partial charge on any atom is 0.316 e. The monoisotopic (exact) mass is 272 g/mol. The number of amides is 1. The smallest absolute Gasteiger partial charge is 0.316 e. The fraction of sp³-hybridized carbons (Fsp3) is 0.750. The second kappa shape index (κ2) is 7.98. The van der Waals surface area contributed by atoms with Gasteiger partial charge in [-0.25, -0.2) is 0 Å². The average molecular weight is 272 g/mol. The van der Waals surface area contributed by atoms with Crippen molar-refractivity contribution < 1.29 is 14.3 Å². The van der Waals surface area contributed by atoms with Crippen LogP contribution in [0, 0.1) is 11.3 Å². The zero-order chi connectivity index (χ0) is 14.2. The van der Waals surface area contributed by atoms with Crippen molar-refractivity contribution >= 4 is 23.6 Å². The molecule has 0 aliphatic heterocycles. The predicted molar refractivity (Wildman–Crippen MR) is 71.0 cm³/mol. The van der Waals surface area contributed by atoms with Crippen LogP contribution in [0.5, 0.6) is 0 Å². The standard InChI is InChI=1S/C12H20N2O3S/c1-12(2,3)17-11(16)9-18-8-10(15)14(4)7-5-6-13/h5,7-9H2,1-4H3. The van der Waals surface area contributed by atoms with Crippen LogP contribution in [-0.4, -0.2) is 47.5 Å². The highest BCUT2D eigenvalue weighted by Gasteiger charge is 2.17. The molecule has 0 saturated heterocycles. The average Bonchev–Trinajstić information content (AvgIpc) is 2.23. The van der Waals surface area contributed by atoms with Gasteiger partial charge in [0.2, 0.25) is 5.91 Å². The first kappa shape index (κ1) is 16.8. The SMILES string of the molecule is CN(CCC#N)C(=O)CSCC(=O)OC(C)(C)C. The highest BCUT2D eigenvalue weighted by Crippen LogP contribution is 2.10. The number of thioether (sulfide) groups is 1. The van der Waals surface area contributed by atoms with Crippen LogP contribution in [0.4, 0.5) is 0 Å². The number of carbonyl (C=O) groups is 2. The van der Waals surface area contributed by atoms with Gasteiger partial charge in [-0.2, -0.15) is 5.26 Å². The summed E-state index contributed by atoms with van der Waals surface area (Å²) in [6.45, 7) is 5.82. The van der Waals surface area contributed by atoms with Gasteiger partial charge in [0.1, 0.15) is 5.60 Å². The molecule has 0 radical (unpaired) electrons. The van der Waals surface area contributed by atoms with Gasteiger partial charge in [-0.3, -0.25) is 9.59 Å². The first-order valence-electron chi connectivity index (χ1n) is 5.67. The molecule has 0 spiro atoms. The van der Waals surface area contributed by atoms with Crippen LogP contribution in [0.15, 0.2) is 0 Å². The molecule has 102 valence electrons. The zero-order valence-electron chi connectivity index (χ0n) is 11.4. The third kappa shape index (κ3) is 8.88. The minimum Gasteiger partial charge on any atom is -0.459 e. The van der Waals surface area contributed by atoms with Gasteiger partial charge in [-0.15, -0.1) is 11.8 Å². The predicted octanol–water partition coefficient (Wildman–Crippen LogP) is 1.43. The Morgan fingerprint density at radius 1 is 1.33 bits per heavy atom. The van der Waals surface area contributed by atoms with Gasteiger partial charge in [0.25, 0.3) is 0 Å². The summed E-state index contributed by atoms with van der Waals surface area (Å²) in [5.74, 6) is -0.0187. The van der Waals surface area contributed by atoms with E-state index in [1.54, 1.807) is 27.8 Å². The molecule has 0 bridgehead atoms. The van der Waals surface area contributed by atoms with Crippen molar-refractivity contribution in [1.82, 2.24) is 4.90 Å². The van der Waals surface area contributed by atoms with Crippen molar-refractivity contribution in [2.45, 2.75) is 32.8 Å². The Morgan fingerprint density at radius 2 is 1.94 bits per heavy atom.